The molecule has 0 spiro atoms. The third-order valence-electron chi connectivity index (χ3n) is 5.25. The van der Waals surface area contributed by atoms with Gasteiger partial charge in [-0.1, -0.05) is 19.9 Å². The van der Waals surface area contributed by atoms with Crippen molar-refractivity contribution in [3.63, 3.8) is 0 Å². The van der Waals surface area contributed by atoms with E-state index >= 15 is 0 Å². The van der Waals surface area contributed by atoms with E-state index in [1.54, 1.807) is 23.0 Å². The van der Waals surface area contributed by atoms with Crippen molar-refractivity contribution < 1.29 is 12.8 Å². The Bertz CT molecular complexity index is 1270. The Hall–Kier alpha value is -2.85. The second kappa shape index (κ2) is 8.35. The van der Waals surface area contributed by atoms with Gasteiger partial charge in [0.05, 0.1) is 22.1 Å². The minimum Gasteiger partial charge on any atom is -0.349 e. The second-order valence-corrected chi connectivity index (χ2v) is 9.90. The molecule has 0 bridgehead atoms. The molecule has 0 aliphatic carbocycles. The predicted molar refractivity (Wildman–Crippen MR) is 116 cm³/mol. The molecule has 10 heteroatoms. The number of sulfonamides is 1. The fourth-order valence-electron chi connectivity index (χ4n) is 3.74. The number of nitrogens with zero attached hydrogens (tertiary/aromatic N) is 5. The standard InChI is InChI=1S/C21H24FN5O3S/c1-15(2)14-27-19-13-23-7-6-18(19)24-20(21(27)28)25-8-10-26(11-9-25)31(29,30)17-5-3-4-16(22)12-17/h3-7,12-13,15H,8-11,14H2,1-2H3. The molecule has 1 saturated heterocycles. The van der Waals surface area contributed by atoms with Gasteiger partial charge in [-0.25, -0.2) is 17.8 Å². The second-order valence-electron chi connectivity index (χ2n) is 7.96. The van der Waals surface area contributed by atoms with Gasteiger partial charge >= 0.3 is 0 Å². The molecule has 0 saturated carbocycles. The molecule has 0 amide bonds. The van der Waals surface area contributed by atoms with Crippen molar-refractivity contribution in [2.75, 3.05) is 31.1 Å². The van der Waals surface area contributed by atoms with Crippen LogP contribution in [-0.4, -0.2) is 53.4 Å². The van der Waals surface area contributed by atoms with Crippen LogP contribution in [0.25, 0.3) is 11.0 Å². The summed E-state index contributed by atoms with van der Waals surface area (Å²) in [7, 11) is -3.80. The molecule has 2 aromatic heterocycles. The zero-order valence-corrected chi connectivity index (χ0v) is 18.2. The predicted octanol–water partition coefficient (Wildman–Crippen LogP) is 2.10. The van der Waals surface area contributed by atoms with Crippen LogP contribution in [0.4, 0.5) is 10.2 Å². The first-order chi connectivity index (χ1) is 14.8. The Morgan fingerprint density at radius 1 is 1.13 bits per heavy atom. The maximum atomic E-state index is 13.5. The molecule has 0 unspecified atom stereocenters. The molecule has 3 heterocycles. The van der Waals surface area contributed by atoms with E-state index in [-0.39, 0.29) is 29.5 Å². The molecule has 164 valence electrons. The number of hydrogen-bond donors (Lipinski definition) is 0. The van der Waals surface area contributed by atoms with E-state index in [1.165, 1.54) is 22.5 Å². The smallest absolute Gasteiger partial charge is 0.294 e. The lowest BCUT2D eigenvalue weighted by atomic mass is 10.2. The van der Waals surface area contributed by atoms with Crippen molar-refractivity contribution in [1.82, 2.24) is 18.8 Å². The van der Waals surface area contributed by atoms with Crippen LogP contribution in [0.3, 0.4) is 0 Å². The van der Waals surface area contributed by atoms with Crippen LogP contribution in [0.5, 0.6) is 0 Å². The normalized spacial score (nSPS) is 15.7. The zero-order valence-electron chi connectivity index (χ0n) is 17.4. The molecule has 1 aliphatic heterocycles. The van der Waals surface area contributed by atoms with E-state index in [4.69, 9.17) is 0 Å². The van der Waals surface area contributed by atoms with Gasteiger partial charge in [-0.15, -0.1) is 0 Å². The minimum absolute atomic E-state index is 0.0726. The molecule has 31 heavy (non-hydrogen) atoms. The van der Waals surface area contributed by atoms with Crippen molar-refractivity contribution in [1.29, 1.82) is 0 Å². The highest BCUT2D eigenvalue weighted by atomic mass is 32.2. The highest BCUT2D eigenvalue weighted by molar-refractivity contribution is 7.89. The van der Waals surface area contributed by atoms with Crippen LogP contribution in [0.2, 0.25) is 0 Å². The molecule has 1 fully saturated rings. The Labute approximate surface area is 180 Å². The lowest BCUT2D eigenvalue weighted by Gasteiger charge is -2.34. The summed E-state index contributed by atoms with van der Waals surface area (Å²) >= 11 is 0. The summed E-state index contributed by atoms with van der Waals surface area (Å²) in [5, 5.41) is 0. The van der Waals surface area contributed by atoms with Crippen LogP contribution in [0.15, 0.2) is 52.4 Å². The number of halogens is 1. The summed E-state index contributed by atoms with van der Waals surface area (Å²) in [4.78, 5) is 23.6. The maximum Gasteiger partial charge on any atom is 0.294 e. The van der Waals surface area contributed by atoms with E-state index in [0.717, 1.165) is 6.07 Å². The van der Waals surface area contributed by atoms with Crippen LogP contribution >= 0.6 is 0 Å². The van der Waals surface area contributed by atoms with Gasteiger partial charge in [0, 0.05) is 38.9 Å². The van der Waals surface area contributed by atoms with Crippen molar-refractivity contribution in [2.24, 2.45) is 5.92 Å². The van der Waals surface area contributed by atoms with Crippen molar-refractivity contribution in [3.05, 3.63) is 58.9 Å². The van der Waals surface area contributed by atoms with Gasteiger partial charge in [0.25, 0.3) is 5.56 Å². The van der Waals surface area contributed by atoms with E-state index in [0.29, 0.717) is 36.5 Å². The Morgan fingerprint density at radius 2 is 1.87 bits per heavy atom. The van der Waals surface area contributed by atoms with Crippen LogP contribution in [0.1, 0.15) is 13.8 Å². The SMILES string of the molecule is CC(C)Cn1c(=O)c(N2CCN(S(=O)(=O)c3cccc(F)c3)CC2)nc2ccncc21. The molecule has 0 radical (unpaired) electrons. The van der Waals surface area contributed by atoms with Gasteiger partial charge in [0.15, 0.2) is 5.82 Å². The van der Waals surface area contributed by atoms with E-state index in [9.17, 15) is 17.6 Å². The third-order valence-corrected chi connectivity index (χ3v) is 7.15. The minimum atomic E-state index is -3.80. The zero-order chi connectivity index (χ0) is 22.2. The largest absolute Gasteiger partial charge is 0.349 e. The molecule has 1 aromatic carbocycles. The number of hydrogen-bond acceptors (Lipinski definition) is 6. The summed E-state index contributed by atoms with van der Waals surface area (Å²) in [5.74, 6) is -0.0352. The molecule has 4 rings (SSSR count). The number of anilines is 1. The fraction of sp³-hybridized carbons (Fsp3) is 0.381. The molecule has 0 N–H and O–H groups in total. The summed E-state index contributed by atoms with van der Waals surface area (Å²) in [6.45, 7) is 5.58. The van der Waals surface area contributed by atoms with Gasteiger partial charge in [-0.2, -0.15) is 4.31 Å². The molecule has 1 aliphatic rings. The van der Waals surface area contributed by atoms with Crippen LogP contribution in [0, 0.1) is 11.7 Å². The first kappa shape index (κ1) is 21.4. The highest BCUT2D eigenvalue weighted by Crippen LogP contribution is 2.21. The number of aromatic nitrogens is 3. The summed E-state index contributed by atoms with van der Waals surface area (Å²) < 4.78 is 42.2. The lowest BCUT2D eigenvalue weighted by Crippen LogP contribution is -2.50. The first-order valence-electron chi connectivity index (χ1n) is 10.1. The molecule has 8 nitrogen and oxygen atoms in total. The number of fused-ring (bicyclic) bond motifs is 1. The summed E-state index contributed by atoms with van der Waals surface area (Å²) in [6, 6.07) is 6.75. The quantitative estimate of drug-likeness (QED) is 0.598. The van der Waals surface area contributed by atoms with Gasteiger partial charge in [0.2, 0.25) is 10.0 Å². The molecule has 3 aromatic rings. The van der Waals surface area contributed by atoms with Gasteiger partial charge in [0.1, 0.15) is 5.82 Å². The summed E-state index contributed by atoms with van der Waals surface area (Å²) in [5.41, 5.74) is 1.13. The van der Waals surface area contributed by atoms with Gasteiger partial charge in [-0.3, -0.25) is 9.78 Å². The number of rotatable bonds is 5. The van der Waals surface area contributed by atoms with Crippen LogP contribution < -0.4 is 10.5 Å². The van der Waals surface area contributed by atoms with E-state index < -0.39 is 15.8 Å². The number of benzene rings is 1. The Kier molecular flexibility index (Phi) is 5.76. The maximum absolute atomic E-state index is 13.5. The van der Waals surface area contributed by atoms with Crippen molar-refractivity contribution >= 4 is 26.9 Å². The first-order valence-corrected chi connectivity index (χ1v) is 11.6. The monoisotopic (exact) mass is 445 g/mol. The third kappa shape index (κ3) is 4.17. The van der Waals surface area contributed by atoms with Crippen molar-refractivity contribution in [3.8, 4) is 0 Å². The number of piperazine rings is 1. The topological polar surface area (TPSA) is 88.4 Å². The lowest BCUT2D eigenvalue weighted by molar-refractivity contribution is 0.382. The number of pyridine rings is 1. The Morgan fingerprint density at radius 3 is 2.55 bits per heavy atom. The van der Waals surface area contributed by atoms with E-state index in [1.807, 2.05) is 18.7 Å². The average Bonchev–Trinajstić information content (AvgIpc) is 2.75. The molecular formula is C21H24FN5O3S. The summed E-state index contributed by atoms with van der Waals surface area (Å²) in [6.07, 6.45) is 3.27. The van der Waals surface area contributed by atoms with Gasteiger partial charge < -0.3 is 9.47 Å². The average molecular weight is 446 g/mol. The molecular weight excluding hydrogens is 421 g/mol. The van der Waals surface area contributed by atoms with Crippen LogP contribution in [-0.2, 0) is 16.6 Å². The van der Waals surface area contributed by atoms with Crippen molar-refractivity contribution in [2.45, 2.75) is 25.3 Å². The Balaban J connectivity index is 1.62. The highest BCUT2D eigenvalue weighted by Gasteiger charge is 2.30. The van der Waals surface area contributed by atoms with Gasteiger partial charge in [-0.05, 0) is 30.2 Å². The van der Waals surface area contributed by atoms with E-state index in [2.05, 4.69) is 9.97 Å². The fourth-order valence-corrected chi connectivity index (χ4v) is 5.20. The molecule has 0 atom stereocenters.